The van der Waals surface area contributed by atoms with Gasteiger partial charge in [-0.1, -0.05) is 6.92 Å². The van der Waals surface area contributed by atoms with E-state index < -0.39 is 10.0 Å². The SMILES string of the molecule is CCNCC1CCN(C(=O)c2cc(C)c(C)c(S(N)(=O)=O)c2)CC1. The molecule has 0 bridgehead atoms. The highest BCUT2D eigenvalue weighted by Gasteiger charge is 2.25. The Morgan fingerprint density at radius 3 is 2.46 bits per heavy atom. The highest BCUT2D eigenvalue weighted by molar-refractivity contribution is 7.89. The lowest BCUT2D eigenvalue weighted by Gasteiger charge is -2.32. The van der Waals surface area contributed by atoms with E-state index in [2.05, 4.69) is 12.2 Å². The van der Waals surface area contributed by atoms with Gasteiger partial charge in [0.1, 0.15) is 0 Å². The number of carbonyl (C=O) groups excluding carboxylic acids is 1. The van der Waals surface area contributed by atoms with Crippen LogP contribution in [-0.2, 0) is 10.0 Å². The van der Waals surface area contributed by atoms with Gasteiger partial charge in [-0.2, -0.15) is 0 Å². The predicted octanol–water partition coefficient (Wildman–Crippen LogP) is 1.41. The lowest BCUT2D eigenvalue weighted by Crippen LogP contribution is -2.40. The van der Waals surface area contributed by atoms with Crippen molar-refractivity contribution in [3.05, 3.63) is 28.8 Å². The second-order valence-electron chi connectivity index (χ2n) is 6.50. The van der Waals surface area contributed by atoms with Crippen molar-refractivity contribution in [2.45, 2.75) is 38.5 Å². The van der Waals surface area contributed by atoms with Crippen LogP contribution in [0.3, 0.4) is 0 Å². The van der Waals surface area contributed by atoms with Crippen molar-refractivity contribution >= 4 is 15.9 Å². The van der Waals surface area contributed by atoms with Gasteiger partial charge in [-0.25, -0.2) is 13.6 Å². The Labute approximate surface area is 144 Å². The number of amides is 1. The quantitative estimate of drug-likeness (QED) is 0.837. The largest absolute Gasteiger partial charge is 0.339 e. The third kappa shape index (κ3) is 4.34. The molecule has 2 rings (SSSR count). The summed E-state index contributed by atoms with van der Waals surface area (Å²) in [5.41, 5.74) is 1.75. The van der Waals surface area contributed by atoms with Gasteiger partial charge in [0.15, 0.2) is 0 Å². The standard InChI is InChI=1S/C17H27N3O3S/c1-4-19-11-14-5-7-20(8-6-14)17(21)15-9-12(2)13(3)16(10-15)24(18,22)23/h9-10,14,19H,4-8,11H2,1-3H3,(H2,18,22,23). The number of sulfonamides is 1. The van der Waals surface area contributed by atoms with Crippen LogP contribution in [0.1, 0.15) is 41.3 Å². The van der Waals surface area contributed by atoms with Gasteiger partial charge in [0.05, 0.1) is 4.90 Å². The van der Waals surface area contributed by atoms with Crippen molar-refractivity contribution in [3.8, 4) is 0 Å². The molecule has 7 heteroatoms. The lowest BCUT2D eigenvalue weighted by atomic mass is 9.96. The van der Waals surface area contributed by atoms with E-state index in [1.807, 2.05) is 0 Å². The molecular formula is C17H27N3O3S. The van der Waals surface area contributed by atoms with Crippen LogP contribution in [-0.4, -0.2) is 45.4 Å². The van der Waals surface area contributed by atoms with Gasteiger partial charge in [0.2, 0.25) is 10.0 Å². The summed E-state index contributed by atoms with van der Waals surface area (Å²) in [6, 6.07) is 3.15. The first-order valence-corrected chi connectivity index (χ1v) is 9.92. The average molecular weight is 353 g/mol. The molecule has 1 aliphatic heterocycles. The molecule has 0 radical (unpaired) electrons. The van der Waals surface area contributed by atoms with Crippen LogP contribution in [0.4, 0.5) is 0 Å². The average Bonchev–Trinajstić information content (AvgIpc) is 2.54. The smallest absolute Gasteiger partial charge is 0.253 e. The van der Waals surface area contributed by atoms with Crippen LogP contribution in [0.5, 0.6) is 0 Å². The molecule has 6 nitrogen and oxygen atoms in total. The number of nitrogens with zero attached hydrogens (tertiary/aromatic N) is 1. The minimum atomic E-state index is -3.84. The van der Waals surface area contributed by atoms with Gasteiger partial charge in [-0.15, -0.1) is 0 Å². The zero-order valence-corrected chi connectivity index (χ0v) is 15.4. The zero-order chi connectivity index (χ0) is 17.9. The van der Waals surface area contributed by atoms with Crippen LogP contribution >= 0.6 is 0 Å². The summed E-state index contributed by atoms with van der Waals surface area (Å²) < 4.78 is 23.5. The first kappa shape index (κ1) is 18.9. The summed E-state index contributed by atoms with van der Waals surface area (Å²) in [6.07, 6.45) is 1.93. The molecule has 1 saturated heterocycles. The predicted molar refractivity (Wildman–Crippen MR) is 94.5 cm³/mol. The van der Waals surface area contributed by atoms with Crippen molar-refractivity contribution < 1.29 is 13.2 Å². The molecule has 1 heterocycles. The maximum Gasteiger partial charge on any atom is 0.253 e. The normalized spacial score (nSPS) is 16.4. The molecule has 0 atom stereocenters. The molecule has 1 aliphatic rings. The van der Waals surface area contributed by atoms with E-state index in [1.54, 1.807) is 24.8 Å². The summed E-state index contributed by atoms with van der Waals surface area (Å²) in [5, 5.41) is 8.63. The van der Waals surface area contributed by atoms with Crippen LogP contribution < -0.4 is 10.5 Å². The van der Waals surface area contributed by atoms with Crippen molar-refractivity contribution in [3.63, 3.8) is 0 Å². The number of benzene rings is 1. The molecular weight excluding hydrogens is 326 g/mol. The van der Waals surface area contributed by atoms with Gasteiger partial charge in [0.25, 0.3) is 5.91 Å². The molecule has 1 fully saturated rings. The van der Waals surface area contributed by atoms with Gasteiger partial charge in [0, 0.05) is 18.7 Å². The number of hydrogen-bond donors (Lipinski definition) is 2. The second kappa shape index (κ2) is 7.63. The van der Waals surface area contributed by atoms with E-state index >= 15 is 0 Å². The minimum Gasteiger partial charge on any atom is -0.339 e. The molecule has 0 aromatic heterocycles. The fourth-order valence-corrected chi connectivity index (χ4v) is 4.00. The van der Waals surface area contributed by atoms with Gasteiger partial charge in [-0.05, 0) is 69.0 Å². The Kier molecular flexibility index (Phi) is 6.01. The molecule has 0 aliphatic carbocycles. The van der Waals surface area contributed by atoms with Crippen LogP contribution in [0.15, 0.2) is 17.0 Å². The number of nitrogens with one attached hydrogen (secondary N) is 1. The Morgan fingerprint density at radius 2 is 1.92 bits per heavy atom. The summed E-state index contributed by atoms with van der Waals surface area (Å²) in [4.78, 5) is 14.6. The van der Waals surface area contributed by atoms with E-state index in [0.717, 1.165) is 31.5 Å². The highest BCUT2D eigenvalue weighted by atomic mass is 32.2. The Hall–Kier alpha value is -1.44. The van der Waals surface area contributed by atoms with Gasteiger partial charge >= 0.3 is 0 Å². The van der Waals surface area contributed by atoms with E-state index in [0.29, 0.717) is 30.1 Å². The van der Waals surface area contributed by atoms with Gasteiger partial charge in [-0.3, -0.25) is 4.79 Å². The summed E-state index contributed by atoms with van der Waals surface area (Å²) in [5.74, 6) is 0.471. The van der Waals surface area contributed by atoms with Crippen molar-refractivity contribution in [1.29, 1.82) is 0 Å². The number of piperidine rings is 1. The topological polar surface area (TPSA) is 92.5 Å². The molecule has 134 valence electrons. The van der Waals surface area contributed by atoms with Crippen LogP contribution in [0, 0.1) is 19.8 Å². The Bertz CT molecular complexity index is 708. The van der Waals surface area contributed by atoms with E-state index in [9.17, 15) is 13.2 Å². The third-order valence-corrected chi connectivity index (χ3v) is 5.80. The van der Waals surface area contributed by atoms with Gasteiger partial charge < -0.3 is 10.2 Å². The number of carbonyl (C=O) groups is 1. The molecule has 3 N–H and O–H groups in total. The monoisotopic (exact) mass is 353 g/mol. The Morgan fingerprint density at radius 1 is 1.29 bits per heavy atom. The summed E-state index contributed by atoms with van der Waals surface area (Å²) >= 11 is 0. The first-order chi connectivity index (χ1) is 11.2. The van der Waals surface area contributed by atoms with Crippen molar-refractivity contribution in [2.75, 3.05) is 26.2 Å². The van der Waals surface area contributed by atoms with E-state index in [4.69, 9.17) is 5.14 Å². The number of aryl methyl sites for hydroxylation is 1. The fraction of sp³-hybridized carbons (Fsp3) is 0.588. The maximum atomic E-state index is 12.7. The molecule has 1 aromatic carbocycles. The van der Waals surface area contributed by atoms with E-state index in [1.165, 1.54) is 6.07 Å². The minimum absolute atomic E-state index is 0.0351. The first-order valence-electron chi connectivity index (χ1n) is 8.38. The summed E-state index contributed by atoms with van der Waals surface area (Å²) in [6.45, 7) is 8.93. The highest BCUT2D eigenvalue weighted by Crippen LogP contribution is 2.23. The molecule has 0 saturated carbocycles. The molecule has 1 amide bonds. The molecule has 24 heavy (non-hydrogen) atoms. The molecule has 0 spiro atoms. The van der Waals surface area contributed by atoms with Crippen molar-refractivity contribution in [1.82, 2.24) is 10.2 Å². The third-order valence-electron chi connectivity index (χ3n) is 4.76. The summed E-state index contributed by atoms with van der Waals surface area (Å²) in [7, 11) is -3.84. The second-order valence-corrected chi connectivity index (χ2v) is 8.03. The number of hydrogen-bond acceptors (Lipinski definition) is 4. The lowest BCUT2D eigenvalue weighted by molar-refractivity contribution is 0.0690. The van der Waals surface area contributed by atoms with Crippen molar-refractivity contribution in [2.24, 2.45) is 11.1 Å². The molecule has 1 aromatic rings. The number of primary sulfonamides is 1. The molecule has 0 unspecified atom stereocenters. The number of likely N-dealkylation sites (tertiary alicyclic amines) is 1. The van der Waals surface area contributed by atoms with Crippen LogP contribution in [0.25, 0.3) is 0 Å². The van der Waals surface area contributed by atoms with Crippen LogP contribution in [0.2, 0.25) is 0 Å². The fourth-order valence-electron chi connectivity index (χ4n) is 3.12. The Balaban J connectivity index is 2.15. The van der Waals surface area contributed by atoms with E-state index in [-0.39, 0.29) is 10.8 Å². The maximum absolute atomic E-state index is 12.7. The number of nitrogens with two attached hydrogens (primary N) is 1. The number of rotatable bonds is 5. The zero-order valence-electron chi connectivity index (χ0n) is 14.6.